The highest BCUT2D eigenvalue weighted by Gasteiger charge is 2.26. The van der Waals surface area contributed by atoms with Crippen LogP contribution < -0.4 is 5.73 Å². The maximum absolute atomic E-state index is 6.18. The van der Waals surface area contributed by atoms with Crippen LogP contribution in [0.2, 0.25) is 0 Å². The van der Waals surface area contributed by atoms with Crippen molar-refractivity contribution in [1.82, 2.24) is 0 Å². The minimum absolute atomic E-state index is 0.400. The summed E-state index contributed by atoms with van der Waals surface area (Å²) in [5.74, 6) is 1.47. The smallest absolute Gasteiger partial charge is 0.0108 e. The molecule has 0 radical (unpaired) electrons. The molecule has 0 spiro atoms. The van der Waals surface area contributed by atoms with Gasteiger partial charge in [0.25, 0.3) is 0 Å². The van der Waals surface area contributed by atoms with Crippen molar-refractivity contribution >= 4 is 0 Å². The summed E-state index contributed by atoms with van der Waals surface area (Å²) in [4.78, 5) is 0. The van der Waals surface area contributed by atoms with Crippen LogP contribution in [-0.4, -0.2) is 6.04 Å². The third-order valence-electron chi connectivity index (χ3n) is 4.48. The van der Waals surface area contributed by atoms with E-state index in [-0.39, 0.29) is 0 Å². The molecule has 2 aliphatic rings. The largest absolute Gasteiger partial charge is 0.327 e. The Hall–Kier alpha value is -0.820. The molecule has 1 heteroatoms. The molecule has 1 nitrogen and oxygen atoms in total. The van der Waals surface area contributed by atoms with Gasteiger partial charge in [0.2, 0.25) is 0 Å². The van der Waals surface area contributed by atoms with Crippen molar-refractivity contribution in [2.24, 2.45) is 5.73 Å². The number of rotatable bonds is 2. The van der Waals surface area contributed by atoms with E-state index in [4.69, 9.17) is 5.73 Å². The van der Waals surface area contributed by atoms with Gasteiger partial charge in [0.15, 0.2) is 0 Å². The average Bonchev–Trinajstić information content (AvgIpc) is 2.62. The van der Waals surface area contributed by atoms with Crippen molar-refractivity contribution in [3.05, 3.63) is 35.4 Å². The Morgan fingerprint density at radius 1 is 0.938 bits per heavy atom. The molecule has 2 unspecified atom stereocenters. The molecule has 2 aliphatic carbocycles. The van der Waals surface area contributed by atoms with Crippen LogP contribution in [0.5, 0.6) is 0 Å². The van der Waals surface area contributed by atoms with Crippen molar-refractivity contribution in [2.45, 2.75) is 56.4 Å². The van der Waals surface area contributed by atoms with Crippen molar-refractivity contribution in [3.8, 4) is 0 Å². The molecule has 1 aromatic carbocycles. The normalized spacial score (nSPS) is 30.3. The van der Waals surface area contributed by atoms with Crippen LogP contribution in [0.25, 0.3) is 0 Å². The molecule has 0 heterocycles. The Morgan fingerprint density at radius 2 is 1.69 bits per heavy atom. The molecule has 0 amide bonds. The second-order valence-electron chi connectivity index (χ2n) is 5.50. The Morgan fingerprint density at radius 3 is 2.31 bits per heavy atom. The van der Waals surface area contributed by atoms with Gasteiger partial charge < -0.3 is 5.73 Å². The number of nitrogens with two attached hydrogens (primary N) is 1. The minimum Gasteiger partial charge on any atom is -0.327 e. The number of benzene rings is 1. The van der Waals surface area contributed by atoms with E-state index in [0.717, 1.165) is 5.92 Å². The summed E-state index contributed by atoms with van der Waals surface area (Å²) in [6, 6.07) is 9.64. The van der Waals surface area contributed by atoms with E-state index in [9.17, 15) is 0 Å². The SMILES string of the molecule is NC1CCCC1c1cccc(C2CCC2)c1. The Balaban J connectivity index is 1.83. The van der Waals surface area contributed by atoms with E-state index >= 15 is 0 Å². The fourth-order valence-corrected chi connectivity index (χ4v) is 3.19. The second-order valence-corrected chi connectivity index (χ2v) is 5.50. The van der Waals surface area contributed by atoms with E-state index in [0.29, 0.717) is 12.0 Å². The van der Waals surface area contributed by atoms with E-state index in [1.807, 2.05) is 0 Å². The first-order chi connectivity index (χ1) is 7.84. The monoisotopic (exact) mass is 215 g/mol. The van der Waals surface area contributed by atoms with Crippen molar-refractivity contribution in [1.29, 1.82) is 0 Å². The number of hydrogen-bond donors (Lipinski definition) is 1. The van der Waals surface area contributed by atoms with Gasteiger partial charge in [0.1, 0.15) is 0 Å². The summed E-state index contributed by atoms with van der Waals surface area (Å²) in [5.41, 5.74) is 9.24. The fourth-order valence-electron chi connectivity index (χ4n) is 3.19. The van der Waals surface area contributed by atoms with Crippen molar-refractivity contribution in [2.75, 3.05) is 0 Å². The molecule has 2 saturated carbocycles. The van der Waals surface area contributed by atoms with Crippen LogP contribution >= 0.6 is 0 Å². The van der Waals surface area contributed by atoms with Gasteiger partial charge in [-0.05, 0) is 48.6 Å². The zero-order valence-electron chi connectivity index (χ0n) is 9.86. The van der Waals surface area contributed by atoms with Gasteiger partial charge in [0, 0.05) is 6.04 Å². The third kappa shape index (κ3) is 1.78. The van der Waals surface area contributed by atoms with Gasteiger partial charge in [-0.3, -0.25) is 0 Å². The van der Waals surface area contributed by atoms with Crippen LogP contribution in [0.1, 0.15) is 61.5 Å². The molecule has 2 atom stereocenters. The lowest BCUT2D eigenvalue weighted by molar-refractivity contribution is 0.419. The van der Waals surface area contributed by atoms with Gasteiger partial charge in [-0.25, -0.2) is 0 Å². The predicted molar refractivity (Wildman–Crippen MR) is 67.6 cm³/mol. The van der Waals surface area contributed by atoms with Crippen LogP contribution in [0.15, 0.2) is 24.3 Å². The van der Waals surface area contributed by atoms with E-state index in [1.54, 1.807) is 5.56 Å². The molecule has 2 fully saturated rings. The van der Waals surface area contributed by atoms with Crippen molar-refractivity contribution in [3.63, 3.8) is 0 Å². The van der Waals surface area contributed by atoms with E-state index in [2.05, 4.69) is 24.3 Å². The molecular weight excluding hydrogens is 194 g/mol. The molecule has 0 aromatic heterocycles. The number of hydrogen-bond acceptors (Lipinski definition) is 1. The minimum atomic E-state index is 0.400. The fraction of sp³-hybridized carbons (Fsp3) is 0.600. The third-order valence-corrected chi connectivity index (χ3v) is 4.48. The Labute approximate surface area is 98.0 Å². The van der Waals surface area contributed by atoms with Gasteiger partial charge in [0.05, 0.1) is 0 Å². The maximum atomic E-state index is 6.18. The summed E-state index contributed by atoms with van der Waals surface area (Å²) in [7, 11) is 0. The van der Waals surface area contributed by atoms with Crippen LogP contribution in [0.3, 0.4) is 0 Å². The molecule has 0 saturated heterocycles. The summed E-state index contributed by atoms with van der Waals surface area (Å²) in [6.45, 7) is 0. The van der Waals surface area contributed by atoms with Gasteiger partial charge in [-0.1, -0.05) is 37.1 Å². The van der Waals surface area contributed by atoms with Gasteiger partial charge in [-0.15, -0.1) is 0 Å². The summed E-state index contributed by atoms with van der Waals surface area (Å²) >= 11 is 0. The summed E-state index contributed by atoms with van der Waals surface area (Å²) in [6.07, 6.45) is 7.99. The molecular formula is C15H21N. The average molecular weight is 215 g/mol. The Bertz CT molecular complexity index is 367. The molecule has 3 rings (SSSR count). The molecule has 0 aliphatic heterocycles. The van der Waals surface area contributed by atoms with Crippen LogP contribution in [0.4, 0.5) is 0 Å². The lowest BCUT2D eigenvalue weighted by Gasteiger charge is -2.27. The summed E-state index contributed by atoms with van der Waals surface area (Å²) < 4.78 is 0. The lowest BCUT2D eigenvalue weighted by atomic mass is 9.79. The van der Waals surface area contributed by atoms with Crippen LogP contribution in [0, 0.1) is 0 Å². The molecule has 2 N–H and O–H groups in total. The molecule has 16 heavy (non-hydrogen) atoms. The molecule has 0 bridgehead atoms. The van der Waals surface area contributed by atoms with Crippen LogP contribution in [-0.2, 0) is 0 Å². The van der Waals surface area contributed by atoms with Gasteiger partial charge in [-0.2, -0.15) is 0 Å². The quantitative estimate of drug-likeness (QED) is 0.802. The molecule has 1 aromatic rings. The maximum Gasteiger partial charge on any atom is 0.0108 e. The predicted octanol–water partition coefficient (Wildman–Crippen LogP) is 3.55. The lowest BCUT2D eigenvalue weighted by Crippen LogP contribution is -2.23. The first kappa shape index (κ1) is 10.3. The topological polar surface area (TPSA) is 26.0 Å². The van der Waals surface area contributed by atoms with Crippen molar-refractivity contribution < 1.29 is 0 Å². The van der Waals surface area contributed by atoms with E-state index < -0.39 is 0 Å². The summed E-state index contributed by atoms with van der Waals surface area (Å²) in [5, 5.41) is 0. The second kappa shape index (κ2) is 4.21. The zero-order valence-corrected chi connectivity index (χ0v) is 9.86. The highest BCUT2D eigenvalue weighted by atomic mass is 14.7. The zero-order chi connectivity index (χ0) is 11.0. The standard InChI is InChI=1S/C15H21N/c16-15-9-3-8-14(15)13-7-2-6-12(10-13)11-4-1-5-11/h2,6-7,10-11,14-15H,1,3-5,8-9,16H2. The highest BCUT2D eigenvalue weighted by molar-refractivity contribution is 5.31. The molecule has 86 valence electrons. The van der Waals surface area contributed by atoms with Gasteiger partial charge >= 0.3 is 0 Å². The Kier molecular flexibility index (Phi) is 2.72. The van der Waals surface area contributed by atoms with E-state index in [1.165, 1.54) is 44.1 Å². The highest BCUT2D eigenvalue weighted by Crippen LogP contribution is 2.39. The first-order valence-corrected chi connectivity index (χ1v) is 6.70. The first-order valence-electron chi connectivity index (χ1n) is 6.70.